The molecule has 5 nitrogen and oxygen atoms in total. The summed E-state index contributed by atoms with van der Waals surface area (Å²) in [6.07, 6.45) is 2.36. The number of rotatable bonds is 6. The molecule has 1 unspecified atom stereocenters. The maximum absolute atomic E-state index is 11.7. The lowest BCUT2D eigenvalue weighted by Gasteiger charge is -2.13. The van der Waals surface area contributed by atoms with Gasteiger partial charge in [0.2, 0.25) is 5.91 Å². The van der Waals surface area contributed by atoms with Crippen molar-refractivity contribution in [1.29, 1.82) is 0 Å². The maximum Gasteiger partial charge on any atom is 0.238 e. The molecule has 1 aliphatic heterocycles. The van der Waals surface area contributed by atoms with Crippen molar-refractivity contribution < 1.29 is 14.3 Å². The van der Waals surface area contributed by atoms with E-state index in [2.05, 4.69) is 5.32 Å². The standard InChI is InChI=1S/C15H22N2O3/c1-17(2)10-15(18)16-12-5-3-6-13(9-12)20-11-14-7-4-8-19-14/h3,5-6,9,14H,4,7-8,10-11H2,1-2H3,(H,16,18). The first kappa shape index (κ1) is 14.8. The van der Waals surface area contributed by atoms with E-state index in [-0.39, 0.29) is 12.0 Å². The molecule has 20 heavy (non-hydrogen) atoms. The number of carbonyl (C=O) groups is 1. The molecule has 5 heteroatoms. The number of hydrogen-bond acceptors (Lipinski definition) is 4. The van der Waals surface area contributed by atoms with Crippen LogP contribution in [-0.4, -0.2) is 50.8 Å². The quantitative estimate of drug-likeness (QED) is 0.861. The van der Waals surface area contributed by atoms with Gasteiger partial charge in [0.1, 0.15) is 12.4 Å². The van der Waals surface area contributed by atoms with Crippen LogP contribution in [0.4, 0.5) is 5.69 Å². The van der Waals surface area contributed by atoms with Gasteiger partial charge < -0.3 is 19.7 Å². The van der Waals surface area contributed by atoms with Crippen LogP contribution in [0.3, 0.4) is 0 Å². The summed E-state index contributed by atoms with van der Waals surface area (Å²) in [5, 5.41) is 2.85. The van der Waals surface area contributed by atoms with Crippen LogP contribution in [0.2, 0.25) is 0 Å². The normalized spacial score (nSPS) is 18.2. The second-order valence-electron chi connectivity index (χ2n) is 5.26. The van der Waals surface area contributed by atoms with Crippen molar-refractivity contribution in [3.05, 3.63) is 24.3 Å². The summed E-state index contributed by atoms with van der Waals surface area (Å²) in [6.45, 7) is 1.75. The van der Waals surface area contributed by atoms with E-state index in [0.29, 0.717) is 13.2 Å². The fraction of sp³-hybridized carbons (Fsp3) is 0.533. The average Bonchev–Trinajstić information content (AvgIpc) is 2.88. The minimum absolute atomic E-state index is 0.0359. The molecule has 1 saturated heterocycles. The monoisotopic (exact) mass is 278 g/mol. The van der Waals surface area contributed by atoms with Crippen LogP contribution in [0.5, 0.6) is 5.75 Å². The predicted octanol–water partition coefficient (Wildman–Crippen LogP) is 1.74. The van der Waals surface area contributed by atoms with E-state index < -0.39 is 0 Å². The van der Waals surface area contributed by atoms with Crippen molar-refractivity contribution in [2.24, 2.45) is 0 Å². The Kier molecular flexibility index (Phi) is 5.38. The topological polar surface area (TPSA) is 50.8 Å². The molecule has 1 N–H and O–H groups in total. The van der Waals surface area contributed by atoms with Crippen LogP contribution in [0.15, 0.2) is 24.3 Å². The van der Waals surface area contributed by atoms with Gasteiger partial charge in [-0.15, -0.1) is 0 Å². The molecule has 0 aliphatic carbocycles. The third-order valence-electron chi connectivity index (χ3n) is 3.04. The van der Waals surface area contributed by atoms with E-state index in [1.54, 1.807) is 0 Å². The van der Waals surface area contributed by atoms with E-state index in [4.69, 9.17) is 9.47 Å². The number of ether oxygens (including phenoxy) is 2. The highest BCUT2D eigenvalue weighted by atomic mass is 16.5. The minimum atomic E-state index is -0.0359. The highest BCUT2D eigenvalue weighted by Gasteiger charge is 2.16. The van der Waals surface area contributed by atoms with Crippen molar-refractivity contribution in [2.45, 2.75) is 18.9 Å². The van der Waals surface area contributed by atoms with E-state index in [0.717, 1.165) is 30.9 Å². The minimum Gasteiger partial charge on any atom is -0.491 e. The van der Waals surface area contributed by atoms with E-state index >= 15 is 0 Å². The Balaban J connectivity index is 1.85. The number of amides is 1. The zero-order valence-electron chi connectivity index (χ0n) is 12.1. The highest BCUT2D eigenvalue weighted by Crippen LogP contribution is 2.19. The van der Waals surface area contributed by atoms with Gasteiger partial charge in [0, 0.05) is 18.4 Å². The summed E-state index contributed by atoms with van der Waals surface area (Å²) >= 11 is 0. The van der Waals surface area contributed by atoms with Crippen LogP contribution in [-0.2, 0) is 9.53 Å². The van der Waals surface area contributed by atoms with Crippen LogP contribution in [0.1, 0.15) is 12.8 Å². The van der Waals surface area contributed by atoms with Gasteiger partial charge in [-0.3, -0.25) is 4.79 Å². The van der Waals surface area contributed by atoms with Gasteiger partial charge in [-0.05, 0) is 39.1 Å². The highest BCUT2D eigenvalue weighted by molar-refractivity contribution is 5.92. The number of hydrogen-bond donors (Lipinski definition) is 1. The second-order valence-corrected chi connectivity index (χ2v) is 5.26. The van der Waals surface area contributed by atoms with Crippen molar-refractivity contribution >= 4 is 11.6 Å². The summed E-state index contributed by atoms with van der Waals surface area (Å²) < 4.78 is 11.2. The van der Waals surface area contributed by atoms with Gasteiger partial charge in [0.25, 0.3) is 0 Å². The molecule has 0 saturated carbocycles. The number of nitrogens with zero attached hydrogens (tertiary/aromatic N) is 1. The third kappa shape index (κ3) is 4.83. The van der Waals surface area contributed by atoms with Gasteiger partial charge in [-0.1, -0.05) is 6.07 Å². The van der Waals surface area contributed by atoms with Gasteiger partial charge in [0.15, 0.2) is 0 Å². The summed E-state index contributed by atoms with van der Waals surface area (Å²) in [6, 6.07) is 7.45. The Labute approximate surface area is 119 Å². The van der Waals surface area contributed by atoms with Crippen LogP contribution >= 0.6 is 0 Å². The molecular formula is C15H22N2O3. The Morgan fingerprint density at radius 2 is 2.35 bits per heavy atom. The predicted molar refractivity (Wildman–Crippen MR) is 78.1 cm³/mol. The van der Waals surface area contributed by atoms with Crippen LogP contribution in [0.25, 0.3) is 0 Å². The molecule has 1 atom stereocenters. The molecule has 0 aromatic heterocycles. The molecule has 1 aliphatic rings. The van der Waals surface area contributed by atoms with Crippen LogP contribution < -0.4 is 10.1 Å². The summed E-state index contributed by atoms with van der Waals surface area (Å²) in [5.74, 6) is 0.717. The molecular weight excluding hydrogens is 256 g/mol. The first-order valence-corrected chi connectivity index (χ1v) is 6.92. The lowest BCUT2D eigenvalue weighted by molar-refractivity contribution is -0.116. The smallest absolute Gasteiger partial charge is 0.238 e. The Morgan fingerprint density at radius 3 is 3.05 bits per heavy atom. The number of carbonyl (C=O) groups excluding carboxylic acids is 1. The van der Waals surface area contributed by atoms with Gasteiger partial charge in [-0.2, -0.15) is 0 Å². The average molecular weight is 278 g/mol. The first-order valence-electron chi connectivity index (χ1n) is 6.92. The summed E-state index contributed by atoms with van der Waals surface area (Å²) in [5.41, 5.74) is 0.752. The molecule has 0 spiro atoms. The summed E-state index contributed by atoms with van der Waals surface area (Å²) in [7, 11) is 3.72. The van der Waals surface area contributed by atoms with Gasteiger partial charge >= 0.3 is 0 Å². The zero-order chi connectivity index (χ0) is 14.4. The largest absolute Gasteiger partial charge is 0.491 e. The molecule has 1 heterocycles. The lowest BCUT2D eigenvalue weighted by Crippen LogP contribution is -2.27. The molecule has 2 rings (SSSR count). The van der Waals surface area contributed by atoms with Crippen molar-refractivity contribution in [1.82, 2.24) is 4.90 Å². The number of benzene rings is 1. The van der Waals surface area contributed by atoms with E-state index in [1.807, 2.05) is 43.3 Å². The van der Waals surface area contributed by atoms with Crippen molar-refractivity contribution in [3.8, 4) is 5.75 Å². The van der Waals surface area contributed by atoms with E-state index in [9.17, 15) is 4.79 Å². The first-order chi connectivity index (χ1) is 9.63. The molecule has 0 bridgehead atoms. The second kappa shape index (κ2) is 7.26. The number of likely N-dealkylation sites (N-methyl/N-ethyl adjacent to an activating group) is 1. The van der Waals surface area contributed by atoms with Crippen molar-refractivity contribution in [3.63, 3.8) is 0 Å². The fourth-order valence-electron chi connectivity index (χ4n) is 2.12. The Hall–Kier alpha value is -1.59. The fourth-order valence-corrected chi connectivity index (χ4v) is 2.12. The molecule has 0 radical (unpaired) electrons. The van der Waals surface area contributed by atoms with E-state index in [1.165, 1.54) is 0 Å². The SMILES string of the molecule is CN(C)CC(=O)Nc1cccc(OCC2CCCO2)c1. The lowest BCUT2D eigenvalue weighted by atomic mass is 10.2. The third-order valence-corrected chi connectivity index (χ3v) is 3.04. The number of anilines is 1. The molecule has 1 amide bonds. The maximum atomic E-state index is 11.7. The van der Waals surface area contributed by atoms with Gasteiger partial charge in [-0.25, -0.2) is 0 Å². The van der Waals surface area contributed by atoms with Crippen molar-refractivity contribution in [2.75, 3.05) is 39.2 Å². The Morgan fingerprint density at radius 1 is 1.50 bits per heavy atom. The zero-order valence-corrected chi connectivity index (χ0v) is 12.1. The molecule has 1 fully saturated rings. The Bertz CT molecular complexity index is 442. The molecule has 1 aromatic carbocycles. The molecule has 110 valence electrons. The number of nitrogens with one attached hydrogen (secondary N) is 1. The molecule has 1 aromatic rings. The van der Waals surface area contributed by atoms with Gasteiger partial charge in [0.05, 0.1) is 12.6 Å². The summed E-state index contributed by atoms with van der Waals surface area (Å²) in [4.78, 5) is 13.5. The van der Waals surface area contributed by atoms with Crippen LogP contribution in [0, 0.1) is 0 Å².